The first kappa shape index (κ1) is 24.5. The van der Waals surface area contributed by atoms with Crippen LogP contribution in [-0.4, -0.2) is 45.4 Å². The molecule has 36 heavy (non-hydrogen) atoms. The fourth-order valence-corrected chi connectivity index (χ4v) is 4.10. The Morgan fingerprint density at radius 2 is 1.89 bits per heavy atom. The van der Waals surface area contributed by atoms with E-state index in [1.807, 2.05) is 0 Å². The van der Waals surface area contributed by atoms with Gasteiger partial charge in [0.1, 0.15) is 28.4 Å². The molecule has 3 aromatic heterocycles. The Morgan fingerprint density at radius 3 is 2.61 bits per heavy atom. The Bertz CT molecular complexity index is 1370. The van der Waals surface area contributed by atoms with Crippen LogP contribution in [0.1, 0.15) is 28.0 Å². The average molecular weight is 500 g/mol. The molecule has 0 fully saturated rings. The first-order valence-corrected chi connectivity index (χ1v) is 10.5. The Morgan fingerprint density at radius 1 is 1.14 bits per heavy atom. The van der Waals surface area contributed by atoms with E-state index in [9.17, 15) is 18.0 Å². The molecule has 0 saturated heterocycles. The molecule has 4 heterocycles. The van der Waals surface area contributed by atoms with Crippen LogP contribution < -0.4 is 14.8 Å². The molecule has 3 N–H and O–H groups in total. The fraction of sp³-hybridized carbons (Fsp3) is 0.167. The zero-order valence-corrected chi connectivity index (χ0v) is 18.5. The monoisotopic (exact) mass is 500 g/mol. The van der Waals surface area contributed by atoms with Crippen molar-refractivity contribution in [3.05, 3.63) is 83.9 Å². The number of nitrogens with one attached hydrogen (secondary N) is 2. The number of benzene rings is 1. The number of ether oxygens (including phenoxy) is 2. The number of H-pyrrole nitrogens is 1. The second kappa shape index (κ2) is 9.94. The fourth-order valence-electron chi connectivity index (χ4n) is 4.10. The van der Waals surface area contributed by atoms with Crippen molar-refractivity contribution in [3.8, 4) is 11.5 Å². The minimum Gasteiger partial charge on any atom is -0.491 e. The standard InChI is InChI=1S/C23H17F3N4O3.CH2O2/c24-23(25,26)33-15-5-3-14(4-6-15)22(9-13-32-18-2-1-10-27-19(18)22)30-21(31)17-8-12-29-20-16(17)7-11-28-20;2-1-3/h1-8,10-12H,9,13H2,(H,28,29)(H,30,31);1H,(H,2,3)/t22-;/m0./s1. The largest absolute Gasteiger partial charge is 0.573 e. The van der Waals surface area contributed by atoms with Gasteiger partial charge in [-0.3, -0.25) is 14.6 Å². The van der Waals surface area contributed by atoms with E-state index in [1.54, 1.807) is 36.7 Å². The SMILES string of the molecule is O=C(N[C@]1(c2ccc(OC(F)(F)F)cc2)CCOc2cccnc21)c1ccnc2[nH]ccc12.O=CO. The minimum absolute atomic E-state index is 0.250. The highest BCUT2D eigenvalue weighted by Crippen LogP contribution is 2.41. The molecule has 1 aliphatic heterocycles. The van der Waals surface area contributed by atoms with Gasteiger partial charge in [-0.25, -0.2) is 4.98 Å². The van der Waals surface area contributed by atoms with Crippen molar-refractivity contribution in [1.29, 1.82) is 0 Å². The average Bonchev–Trinajstić information content (AvgIpc) is 3.33. The summed E-state index contributed by atoms with van der Waals surface area (Å²) in [5.41, 5.74) is 0.855. The highest BCUT2D eigenvalue weighted by Gasteiger charge is 2.43. The summed E-state index contributed by atoms with van der Waals surface area (Å²) in [5.74, 6) is -0.249. The first-order chi connectivity index (χ1) is 17.3. The highest BCUT2D eigenvalue weighted by molar-refractivity contribution is 6.06. The van der Waals surface area contributed by atoms with Gasteiger partial charge in [-0.15, -0.1) is 13.2 Å². The molecule has 0 spiro atoms. The van der Waals surface area contributed by atoms with E-state index < -0.39 is 11.9 Å². The molecule has 1 aromatic carbocycles. The lowest BCUT2D eigenvalue weighted by molar-refractivity contribution is -0.274. The van der Waals surface area contributed by atoms with Crippen molar-refractivity contribution in [1.82, 2.24) is 20.3 Å². The number of fused-ring (bicyclic) bond motifs is 2. The predicted octanol–water partition coefficient (Wildman–Crippen LogP) is 4.01. The third-order valence-electron chi connectivity index (χ3n) is 5.52. The zero-order valence-electron chi connectivity index (χ0n) is 18.5. The van der Waals surface area contributed by atoms with Gasteiger partial charge < -0.3 is 24.9 Å². The minimum atomic E-state index is -4.80. The van der Waals surface area contributed by atoms with Gasteiger partial charge in [0.05, 0.1) is 12.2 Å². The van der Waals surface area contributed by atoms with Crippen molar-refractivity contribution in [2.45, 2.75) is 18.3 Å². The van der Waals surface area contributed by atoms with Gasteiger partial charge in [0.2, 0.25) is 0 Å². The number of alkyl halides is 3. The van der Waals surface area contributed by atoms with Gasteiger partial charge in [-0.05, 0) is 42.0 Å². The van der Waals surface area contributed by atoms with Crippen LogP contribution in [0.3, 0.4) is 0 Å². The number of halogens is 3. The molecule has 0 aliphatic carbocycles. The molecule has 0 unspecified atom stereocenters. The predicted molar refractivity (Wildman–Crippen MR) is 121 cm³/mol. The zero-order chi connectivity index (χ0) is 25.8. The Kier molecular flexibility index (Phi) is 6.77. The lowest BCUT2D eigenvalue weighted by Crippen LogP contribution is -2.50. The van der Waals surface area contributed by atoms with Crippen LogP contribution in [0.5, 0.6) is 11.5 Å². The number of rotatable bonds is 4. The van der Waals surface area contributed by atoms with E-state index in [0.717, 1.165) is 0 Å². The summed E-state index contributed by atoms with van der Waals surface area (Å²) in [6.45, 7) is 0.0235. The van der Waals surface area contributed by atoms with Crippen LogP contribution in [-0.2, 0) is 10.3 Å². The smallest absolute Gasteiger partial charge is 0.491 e. The van der Waals surface area contributed by atoms with E-state index in [2.05, 4.69) is 25.0 Å². The van der Waals surface area contributed by atoms with Crippen molar-refractivity contribution in [2.24, 2.45) is 0 Å². The van der Waals surface area contributed by atoms with Crippen molar-refractivity contribution in [2.75, 3.05) is 6.61 Å². The molecular weight excluding hydrogens is 481 g/mol. The number of aromatic amines is 1. The third kappa shape index (κ3) is 4.92. The van der Waals surface area contributed by atoms with Gasteiger partial charge in [-0.2, -0.15) is 0 Å². The topological polar surface area (TPSA) is 126 Å². The summed E-state index contributed by atoms with van der Waals surface area (Å²) < 4.78 is 47.6. The van der Waals surface area contributed by atoms with Gasteiger partial charge in [-0.1, -0.05) is 12.1 Å². The van der Waals surface area contributed by atoms with Crippen LogP contribution in [0.2, 0.25) is 0 Å². The maximum atomic E-state index is 13.5. The van der Waals surface area contributed by atoms with Gasteiger partial charge >= 0.3 is 6.36 Å². The van der Waals surface area contributed by atoms with Crippen LogP contribution in [0.4, 0.5) is 13.2 Å². The van der Waals surface area contributed by atoms with Crippen molar-refractivity contribution < 1.29 is 37.3 Å². The summed E-state index contributed by atoms with van der Waals surface area (Å²) in [7, 11) is 0. The maximum absolute atomic E-state index is 13.5. The van der Waals surface area contributed by atoms with Crippen molar-refractivity contribution in [3.63, 3.8) is 0 Å². The molecular formula is C24H19F3N4O5. The molecule has 1 aliphatic rings. The van der Waals surface area contributed by atoms with E-state index in [0.29, 0.717) is 40.0 Å². The lowest BCUT2D eigenvalue weighted by Gasteiger charge is -2.39. The second-order valence-corrected chi connectivity index (χ2v) is 7.58. The molecule has 4 aromatic rings. The summed E-state index contributed by atoms with van der Waals surface area (Å²) in [5, 5.41) is 10.6. The molecule has 0 radical (unpaired) electrons. The molecule has 9 nitrogen and oxygen atoms in total. The van der Waals surface area contributed by atoms with Crippen LogP contribution in [0, 0.1) is 0 Å². The first-order valence-electron chi connectivity index (χ1n) is 10.5. The van der Waals surface area contributed by atoms with Crippen LogP contribution in [0.25, 0.3) is 11.0 Å². The van der Waals surface area contributed by atoms with Crippen LogP contribution in [0.15, 0.2) is 67.1 Å². The normalized spacial score (nSPS) is 16.6. The van der Waals surface area contributed by atoms with Crippen LogP contribution >= 0.6 is 0 Å². The number of carbonyl (C=O) groups is 2. The number of carboxylic acid groups (broad SMARTS) is 1. The van der Waals surface area contributed by atoms with Gasteiger partial charge in [0.25, 0.3) is 12.4 Å². The Labute approximate surface area is 201 Å². The van der Waals surface area contributed by atoms with E-state index in [1.165, 1.54) is 30.5 Å². The summed E-state index contributed by atoms with van der Waals surface area (Å²) in [6.07, 6.45) is 0.314. The quantitative estimate of drug-likeness (QED) is 0.362. The third-order valence-corrected chi connectivity index (χ3v) is 5.52. The van der Waals surface area contributed by atoms with E-state index in [4.69, 9.17) is 14.6 Å². The maximum Gasteiger partial charge on any atom is 0.573 e. The summed E-state index contributed by atoms with van der Waals surface area (Å²) in [6, 6.07) is 12.2. The molecule has 0 bridgehead atoms. The number of aromatic nitrogens is 3. The molecule has 186 valence electrons. The second-order valence-electron chi connectivity index (χ2n) is 7.58. The summed E-state index contributed by atoms with van der Waals surface area (Å²) >= 11 is 0. The number of hydrogen-bond donors (Lipinski definition) is 3. The number of nitrogens with zero attached hydrogens (tertiary/aromatic N) is 2. The van der Waals surface area contributed by atoms with E-state index >= 15 is 0 Å². The van der Waals surface area contributed by atoms with Gasteiger partial charge in [0, 0.05) is 30.4 Å². The highest BCUT2D eigenvalue weighted by atomic mass is 19.4. The number of pyridine rings is 2. The molecule has 0 saturated carbocycles. The molecule has 1 atom stereocenters. The van der Waals surface area contributed by atoms with Crippen molar-refractivity contribution >= 4 is 23.4 Å². The number of amides is 1. The number of carbonyl (C=O) groups excluding carboxylic acids is 1. The molecule has 1 amide bonds. The summed E-state index contributed by atoms with van der Waals surface area (Å²) in [4.78, 5) is 33.5. The molecule has 5 rings (SSSR count). The Hall–Kier alpha value is -4.61. The lowest BCUT2D eigenvalue weighted by atomic mass is 9.81. The molecule has 12 heteroatoms. The van der Waals surface area contributed by atoms with Gasteiger partial charge in [0.15, 0.2) is 0 Å². The Balaban J connectivity index is 0.000000967. The van der Waals surface area contributed by atoms with E-state index in [-0.39, 0.29) is 24.7 Å². The number of hydrogen-bond acceptors (Lipinski definition) is 6.